The molecule has 0 spiro atoms. The zero-order valence-corrected chi connectivity index (χ0v) is 13.6. The zero-order valence-electron chi connectivity index (χ0n) is 13.6. The topological polar surface area (TPSA) is 21.3 Å². The van der Waals surface area contributed by atoms with Gasteiger partial charge in [0.25, 0.3) is 0 Å². The molecular weight excluding hydrogens is 246 g/mol. The molecule has 1 N–H and O–H groups in total. The Morgan fingerprint density at radius 2 is 2.15 bits per heavy atom. The summed E-state index contributed by atoms with van der Waals surface area (Å²) in [7, 11) is 0. The van der Waals surface area contributed by atoms with Crippen molar-refractivity contribution in [3.8, 4) is 5.75 Å². The normalized spacial score (nSPS) is 20.6. The van der Waals surface area contributed by atoms with Crippen molar-refractivity contribution in [1.29, 1.82) is 0 Å². The number of hydrogen-bond acceptors (Lipinski definition) is 2. The summed E-state index contributed by atoms with van der Waals surface area (Å²) in [5.41, 5.74) is 3.02. The van der Waals surface area contributed by atoms with Gasteiger partial charge in [-0.05, 0) is 36.8 Å². The van der Waals surface area contributed by atoms with Crippen LogP contribution in [0.25, 0.3) is 0 Å². The number of hydrogen-bond donors (Lipinski definition) is 1. The number of aryl methyl sites for hydroxylation is 1. The van der Waals surface area contributed by atoms with E-state index in [1.807, 2.05) is 0 Å². The van der Waals surface area contributed by atoms with Crippen molar-refractivity contribution < 1.29 is 4.74 Å². The first-order chi connectivity index (χ1) is 9.42. The molecule has 2 atom stereocenters. The van der Waals surface area contributed by atoms with Crippen LogP contribution in [0, 0.1) is 12.3 Å². The summed E-state index contributed by atoms with van der Waals surface area (Å²) in [4.78, 5) is 0. The van der Waals surface area contributed by atoms with Gasteiger partial charge in [-0.25, -0.2) is 0 Å². The Balaban J connectivity index is 1.97. The number of benzene rings is 1. The van der Waals surface area contributed by atoms with Gasteiger partial charge in [0.1, 0.15) is 11.9 Å². The third-order valence-electron chi connectivity index (χ3n) is 4.47. The summed E-state index contributed by atoms with van der Waals surface area (Å²) in [6.07, 6.45) is 3.71. The predicted molar refractivity (Wildman–Crippen MR) is 85.5 cm³/mol. The molecule has 1 heterocycles. The number of rotatable bonds is 6. The number of fused-ring (bicyclic) bond motifs is 1. The van der Waals surface area contributed by atoms with Gasteiger partial charge >= 0.3 is 0 Å². The molecule has 2 nitrogen and oxygen atoms in total. The Hall–Kier alpha value is -1.02. The fraction of sp³-hybridized carbons (Fsp3) is 0.667. The van der Waals surface area contributed by atoms with Crippen LogP contribution in [0.2, 0.25) is 0 Å². The predicted octanol–water partition coefficient (Wildman–Crippen LogP) is 4.10. The molecular formula is C18H29NO. The minimum atomic E-state index is 0.312. The van der Waals surface area contributed by atoms with Crippen LogP contribution in [0.1, 0.15) is 51.7 Å². The van der Waals surface area contributed by atoms with Gasteiger partial charge in [-0.1, -0.05) is 45.4 Å². The average Bonchev–Trinajstić information content (AvgIpc) is 2.77. The maximum Gasteiger partial charge on any atom is 0.123 e. The van der Waals surface area contributed by atoms with Crippen molar-refractivity contribution in [2.45, 2.75) is 66.0 Å². The monoisotopic (exact) mass is 275 g/mol. The minimum absolute atomic E-state index is 0.312. The van der Waals surface area contributed by atoms with Crippen LogP contribution in [0.4, 0.5) is 0 Å². The van der Waals surface area contributed by atoms with E-state index in [-0.39, 0.29) is 0 Å². The highest BCUT2D eigenvalue weighted by Gasteiger charge is 2.31. The maximum absolute atomic E-state index is 6.14. The molecule has 0 aliphatic carbocycles. The van der Waals surface area contributed by atoms with Crippen molar-refractivity contribution in [2.24, 2.45) is 5.41 Å². The van der Waals surface area contributed by atoms with Crippen molar-refractivity contribution >= 4 is 0 Å². The van der Waals surface area contributed by atoms with E-state index in [1.54, 1.807) is 0 Å². The van der Waals surface area contributed by atoms with Gasteiger partial charge in [-0.2, -0.15) is 0 Å². The molecule has 2 rings (SSSR count). The molecule has 1 aliphatic rings. The summed E-state index contributed by atoms with van der Waals surface area (Å²) in [6.45, 7) is 12.3. The molecule has 2 heteroatoms. The van der Waals surface area contributed by atoms with Crippen molar-refractivity contribution in [1.82, 2.24) is 5.32 Å². The first kappa shape index (κ1) is 15.4. The second-order valence-corrected chi connectivity index (χ2v) is 6.96. The minimum Gasteiger partial charge on any atom is -0.490 e. The average molecular weight is 275 g/mol. The Bertz CT molecular complexity index is 455. The molecule has 0 bridgehead atoms. The smallest absolute Gasteiger partial charge is 0.123 e. The Kier molecular flexibility index (Phi) is 4.74. The lowest BCUT2D eigenvalue weighted by molar-refractivity contribution is 0.138. The molecule has 0 aromatic heterocycles. The molecule has 0 amide bonds. The van der Waals surface area contributed by atoms with Crippen molar-refractivity contribution in [3.05, 3.63) is 29.3 Å². The van der Waals surface area contributed by atoms with E-state index in [0.717, 1.165) is 25.1 Å². The molecule has 112 valence electrons. The van der Waals surface area contributed by atoms with Crippen molar-refractivity contribution in [2.75, 3.05) is 6.54 Å². The van der Waals surface area contributed by atoms with Crippen molar-refractivity contribution in [3.63, 3.8) is 0 Å². The molecule has 2 unspecified atom stereocenters. The van der Waals surface area contributed by atoms with Gasteiger partial charge in [0, 0.05) is 19.0 Å². The third kappa shape index (κ3) is 3.76. The zero-order chi connectivity index (χ0) is 14.8. The first-order valence-corrected chi connectivity index (χ1v) is 7.91. The van der Waals surface area contributed by atoms with E-state index in [1.165, 1.54) is 17.5 Å². The van der Waals surface area contributed by atoms with E-state index >= 15 is 0 Å². The van der Waals surface area contributed by atoms with Gasteiger partial charge in [0.2, 0.25) is 0 Å². The highest BCUT2D eigenvalue weighted by atomic mass is 16.5. The summed E-state index contributed by atoms with van der Waals surface area (Å²) in [5.74, 6) is 1.09. The van der Waals surface area contributed by atoms with E-state index in [0.29, 0.717) is 17.6 Å². The molecule has 0 saturated heterocycles. The summed E-state index contributed by atoms with van der Waals surface area (Å²) < 4.78 is 6.14. The van der Waals surface area contributed by atoms with Gasteiger partial charge in [-0.3, -0.25) is 0 Å². The van der Waals surface area contributed by atoms with Crippen LogP contribution in [-0.4, -0.2) is 18.7 Å². The van der Waals surface area contributed by atoms with Crippen LogP contribution in [0.3, 0.4) is 0 Å². The van der Waals surface area contributed by atoms with E-state index in [2.05, 4.69) is 58.1 Å². The number of nitrogens with one attached hydrogen (secondary N) is 1. The molecule has 1 aliphatic heterocycles. The second-order valence-electron chi connectivity index (χ2n) is 6.96. The molecule has 20 heavy (non-hydrogen) atoms. The lowest BCUT2D eigenvalue weighted by Gasteiger charge is -2.32. The van der Waals surface area contributed by atoms with Crippen LogP contribution < -0.4 is 10.1 Å². The Labute approximate surface area is 123 Å². The Morgan fingerprint density at radius 3 is 2.80 bits per heavy atom. The highest BCUT2D eigenvalue weighted by Crippen LogP contribution is 2.36. The lowest BCUT2D eigenvalue weighted by Crippen LogP contribution is -2.38. The van der Waals surface area contributed by atoms with E-state index < -0.39 is 0 Å². The first-order valence-electron chi connectivity index (χ1n) is 7.91. The van der Waals surface area contributed by atoms with Gasteiger partial charge in [0.15, 0.2) is 0 Å². The largest absolute Gasteiger partial charge is 0.490 e. The quantitative estimate of drug-likeness (QED) is 0.844. The van der Waals surface area contributed by atoms with Gasteiger partial charge in [0.05, 0.1) is 0 Å². The molecule has 0 saturated carbocycles. The lowest BCUT2D eigenvalue weighted by atomic mass is 9.80. The van der Waals surface area contributed by atoms with E-state index in [9.17, 15) is 0 Å². The van der Waals surface area contributed by atoms with E-state index in [4.69, 9.17) is 4.74 Å². The number of ether oxygens (including phenoxy) is 1. The molecule has 0 fully saturated rings. The van der Waals surface area contributed by atoms with Gasteiger partial charge in [-0.15, -0.1) is 0 Å². The summed E-state index contributed by atoms with van der Waals surface area (Å²) in [5, 5.41) is 3.59. The molecule has 1 aromatic rings. The van der Waals surface area contributed by atoms with Crippen LogP contribution in [-0.2, 0) is 6.42 Å². The summed E-state index contributed by atoms with van der Waals surface area (Å²) in [6, 6.07) is 7.08. The standard InChI is InChI=1S/C18H29NO/c1-6-18(5,12-19-13(2)3)11-16-10-15-9-14(4)7-8-17(15)20-16/h7-9,13,16,19H,6,10-12H2,1-5H3. The van der Waals surface area contributed by atoms with Crippen LogP contribution in [0.15, 0.2) is 18.2 Å². The fourth-order valence-electron chi connectivity index (χ4n) is 2.90. The molecule has 1 aromatic carbocycles. The van der Waals surface area contributed by atoms with Gasteiger partial charge < -0.3 is 10.1 Å². The highest BCUT2D eigenvalue weighted by molar-refractivity contribution is 5.40. The van der Waals surface area contributed by atoms with Crippen LogP contribution in [0.5, 0.6) is 5.75 Å². The SMILES string of the molecule is CCC(C)(CNC(C)C)CC1Cc2cc(C)ccc2O1. The second kappa shape index (κ2) is 6.17. The third-order valence-corrected chi connectivity index (χ3v) is 4.47. The summed E-state index contributed by atoms with van der Waals surface area (Å²) >= 11 is 0. The maximum atomic E-state index is 6.14. The fourth-order valence-corrected chi connectivity index (χ4v) is 2.90. The Morgan fingerprint density at radius 1 is 1.40 bits per heavy atom. The molecule has 0 radical (unpaired) electrons. The van der Waals surface area contributed by atoms with Crippen LogP contribution >= 0.6 is 0 Å².